The van der Waals surface area contributed by atoms with E-state index in [9.17, 15) is 9.90 Å². The molecule has 7 unspecified atom stereocenters. The molecule has 0 amide bonds. The number of hydrogen-bond donors (Lipinski definition) is 1. The van der Waals surface area contributed by atoms with Crippen molar-refractivity contribution in [3.8, 4) is 0 Å². The SMILES string of the molecule is CC1CCC2(C)C3CCC4(C)C([C@H](C)CCC(=O)O)CC[C@H]4C3CCC[C@@H]2CC(I)C1. The molecule has 4 saturated carbocycles. The molecule has 0 aliphatic heterocycles. The van der Waals surface area contributed by atoms with Crippen LogP contribution in [-0.4, -0.2) is 15.0 Å². The van der Waals surface area contributed by atoms with Crippen molar-refractivity contribution in [3.63, 3.8) is 0 Å². The highest BCUT2D eigenvalue weighted by molar-refractivity contribution is 14.1. The van der Waals surface area contributed by atoms with E-state index in [-0.39, 0.29) is 0 Å². The Morgan fingerprint density at radius 3 is 2.45 bits per heavy atom. The van der Waals surface area contributed by atoms with Crippen molar-refractivity contribution >= 4 is 28.6 Å². The Balaban J connectivity index is 1.56. The van der Waals surface area contributed by atoms with E-state index >= 15 is 0 Å². The molecule has 4 aliphatic carbocycles. The smallest absolute Gasteiger partial charge is 0.303 e. The van der Waals surface area contributed by atoms with Crippen LogP contribution in [-0.2, 0) is 4.79 Å². The van der Waals surface area contributed by atoms with E-state index in [2.05, 4.69) is 50.3 Å². The van der Waals surface area contributed by atoms with E-state index in [4.69, 9.17) is 0 Å². The van der Waals surface area contributed by atoms with Gasteiger partial charge in [-0.15, -0.1) is 0 Å². The molecule has 0 heterocycles. The molecule has 4 rings (SSSR count). The number of hydrogen-bond acceptors (Lipinski definition) is 1. The summed E-state index contributed by atoms with van der Waals surface area (Å²) in [7, 11) is 0. The predicted molar refractivity (Wildman–Crippen MR) is 137 cm³/mol. The number of fused-ring (bicyclic) bond motifs is 5. The Hall–Kier alpha value is 0.200. The molecule has 0 aromatic rings. The van der Waals surface area contributed by atoms with E-state index in [1.54, 1.807) is 0 Å². The maximum atomic E-state index is 11.2. The number of alkyl halides is 1. The summed E-state index contributed by atoms with van der Waals surface area (Å²) in [4.78, 5) is 11.2. The summed E-state index contributed by atoms with van der Waals surface area (Å²) in [6.07, 6.45) is 17.0. The molecule has 31 heavy (non-hydrogen) atoms. The molecule has 0 saturated heterocycles. The first-order valence-electron chi connectivity index (χ1n) is 13.5. The van der Waals surface area contributed by atoms with Crippen molar-refractivity contribution in [2.75, 3.05) is 0 Å². The third-order valence-electron chi connectivity index (χ3n) is 11.3. The van der Waals surface area contributed by atoms with Crippen LogP contribution in [0.15, 0.2) is 0 Å². The molecule has 0 spiro atoms. The Kier molecular flexibility index (Phi) is 7.42. The summed E-state index contributed by atoms with van der Waals surface area (Å²) in [6, 6.07) is 0. The molecule has 0 bridgehead atoms. The van der Waals surface area contributed by atoms with Crippen LogP contribution < -0.4 is 0 Å². The Bertz CT molecular complexity index is 649. The van der Waals surface area contributed by atoms with E-state index in [1.165, 1.54) is 70.6 Å². The minimum atomic E-state index is -0.620. The monoisotopic (exact) mass is 542 g/mol. The van der Waals surface area contributed by atoms with Crippen LogP contribution >= 0.6 is 22.6 Å². The Labute approximate surface area is 205 Å². The number of carboxylic acid groups (broad SMARTS) is 1. The second-order valence-corrected chi connectivity index (χ2v) is 14.6. The summed E-state index contributed by atoms with van der Waals surface area (Å²) in [5, 5.41) is 9.21. The van der Waals surface area contributed by atoms with Crippen LogP contribution in [0.4, 0.5) is 0 Å². The maximum absolute atomic E-state index is 11.2. The molecule has 1 N–H and O–H groups in total. The van der Waals surface area contributed by atoms with Crippen LogP contribution in [0.2, 0.25) is 0 Å². The topological polar surface area (TPSA) is 37.3 Å². The predicted octanol–water partition coefficient (Wildman–Crippen LogP) is 8.37. The first-order chi connectivity index (χ1) is 14.6. The number of carboxylic acids is 1. The fourth-order valence-corrected chi connectivity index (χ4v) is 11.0. The van der Waals surface area contributed by atoms with Gasteiger partial charge < -0.3 is 5.11 Å². The maximum Gasteiger partial charge on any atom is 0.303 e. The van der Waals surface area contributed by atoms with Gasteiger partial charge in [-0.2, -0.15) is 0 Å². The van der Waals surface area contributed by atoms with Crippen molar-refractivity contribution < 1.29 is 9.90 Å². The van der Waals surface area contributed by atoms with Crippen molar-refractivity contribution in [2.45, 2.75) is 115 Å². The summed E-state index contributed by atoms with van der Waals surface area (Å²) in [5.41, 5.74) is 1.00. The van der Waals surface area contributed by atoms with Gasteiger partial charge in [-0.05, 0) is 116 Å². The van der Waals surface area contributed by atoms with Gasteiger partial charge in [-0.3, -0.25) is 4.79 Å². The van der Waals surface area contributed by atoms with Crippen LogP contribution in [0.25, 0.3) is 0 Å². The lowest BCUT2D eigenvalue weighted by molar-refractivity contribution is -0.137. The third-order valence-corrected chi connectivity index (χ3v) is 12.3. The first kappa shape index (κ1) is 24.3. The number of halogens is 1. The van der Waals surface area contributed by atoms with Gasteiger partial charge in [0, 0.05) is 10.3 Å². The molecule has 10 atom stereocenters. The number of rotatable bonds is 4. The van der Waals surface area contributed by atoms with Crippen LogP contribution in [0.1, 0.15) is 111 Å². The van der Waals surface area contributed by atoms with Crippen molar-refractivity contribution in [2.24, 2.45) is 52.3 Å². The van der Waals surface area contributed by atoms with Gasteiger partial charge in [0.1, 0.15) is 0 Å². The highest BCUT2D eigenvalue weighted by atomic mass is 127. The second-order valence-electron chi connectivity index (χ2n) is 12.9. The zero-order valence-electron chi connectivity index (χ0n) is 20.5. The molecular weight excluding hydrogens is 495 g/mol. The van der Waals surface area contributed by atoms with Gasteiger partial charge in [0.15, 0.2) is 0 Å². The molecule has 4 aliphatic rings. The highest BCUT2D eigenvalue weighted by Gasteiger charge is 2.59. The molecule has 3 heteroatoms. The van der Waals surface area contributed by atoms with Gasteiger partial charge in [-0.1, -0.05) is 63.1 Å². The van der Waals surface area contributed by atoms with Crippen LogP contribution in [0.3, 0.4) is 0 Å². The van der Waals surface area contributed by atoms with Crippen LogP contribution in [0.5, 0.6) is 0 Å². The first-order valence-corrected chi connectivity index (χ1v) is 14.8. The standard InChI is InChI=1S/C28H47IO2/c1-18-12-14-27(3)20(17-21(29)16-18)6-5-7-22-24-10-9-23(19(2)8-11-26(30)31)28(24,4)15-13-25(22)27/h18-25H,5-17H2,1-4H3,(H,30,31)/t18?,19-,20-,21?,22?,23?,24+,25?,27?,28?/m1/s1. The summed E-state index contributed by atoms with van der Waals surface area (Å²) in [5.74, 6) is 5.24. The Morgan fingerprint density at radius 1 is 1.00 bits per heavy atom. The van der Waals surface area contributed by atoms with Crippen LogP contribution in [0, 0.1) is 52.3 Å². The highest BCUT2D eigenvalue weighted by Crippen LogP contribution is 2.67. The molecule has 4 fully saturated rings. The van der Waals surface area contributed by atoms with Crippen molar-refractivity contribution in [1.29, 1.82) is 0 Å². The van der Waals surface area contributed by atoms with Crippen molar-refractivity contribution in [1.82, 2.24) is 0 Å². The average Bonchev–Trinajstić information content (AvgIpc) is 2.99. The number of aliphatic carboxylic acids is 1. The van der Waals surface area contributed by atoms with E-state index < -0.39 is 5.97 Å². The van der Waals surface area contributed by atoms with Gasteiger partial charge >= 0.3 is 5.97 Å². The molecule has 0 radical (unpaired) electrons. The minimum absolute atomic E-state index is 0.347. The normalized spacial score (nSPS) is 49.0. The minimum Gasteiger partial charge on any atom is -0.481 e. The quantitative estimate of drug-likeness (QED) is 0.286. The summed E-state index contributed by atoms with van der Waals surface area (Å²) < 4.78 is 0.869. The molecule has 178 valence electrons. The van der Waals surface area contributed by atoms with Gasteiger partial charge in [0.25, 0.3) is 0 Å². The zero-order valence-corrected chi connectivity index (χ0v) is 22.7. The lowest BCUT2D eigenvalue weighted by Gasteiger charge is -2.56. The van der Waals surface area contributed by atoms with Crippen molar-refractivity contribution in [3.05, 3.63) is 0 Å². The molecule has 0 aromatic heterocycles. The largest absolute Gasteiger partial charge is 0.481 e. The van der Waals surface area contributed by atoms with E-state index in [0.29, 0.717) is 23.2 Å². The Morgan fingerprint density at radius 2 is 1.71 bits per heavy atom. The van der Waals surface area contributed by atoms with Gasteiger partial charge in [0.2, 0.25) is 0 Å². The molecule has 2 nitrogen and oxygen atoms in total. The van der Waals surface area contributed by atoms with E-state index in [1.807, 2.05) is 0 Å². The molecule has 0 aromatic carbocycles. The second kappa shape index (κ2) is 9.45. The van der Waals surface area contributed by atoms with E-state index in [0.717, 1.165) is 45.9 Å². The lowest BCUT2D eigenvalue weighted by atomic mass is 9.49. The average molecular weight is 543 g/mol. The fraction of sp³-hybridized carbons (Fsp3) is 0.964. The molecular formula is C28H47IO2. The summed E-state index contributed by atoms with van der Waals surface area (Å²) >= 11 is 2.78. The zero-order chi connectivity index (χ0) is 22.4. The van der Waals surface area contributed by atoms with Gasteiger partial charge in [-0.25, -0.2) is 0 Å². The third kappa shape index (κ3) is 4.61. The fourth-order valence-electron chi connectivity index (χ4n) is 9.56. The summed E-state index contributed by atoms with van der Waals surface area (Å²) in [6.45, 7) is 10.2. The number of carbonyl (C=O) groups is 1. The van der Waals surface area contributed by atoms with Gasteiger partial charge in [0.05, 0.1) is 0 Å². The lowest BCUT2D eigenvalue weighted by Crippen LogP contribution is -2.49.